The smallest absolute Gasteiger partial charge is 0.137 e. The van der Waals surface area contributed by atoms with Crippen molar-refractivity contribution in [2.24, 2.45) is 0 Å². The van der Waals surface area contributed by atoms with E-state index in [0.29, 0.717) is 13.0 Å². The van der Waals surface area contributed by atoms with Crippen LogP contribution in [-0.2, 0) is 6.54 Å². The standard InChI is InChI=1S/C17H20FN3O/c18-16-7-5-14(6-8-16)10-15-4-2-1-3-9-17(15,22)11-21-13-19-12-20-21/h5-8,10,12-13,22H,1-4,9,11H2/b15-10-. The van der Waals surface area contributed by atoms with Crippen molar-refractivity contribution in [1.29, 1.82) is 0 Å². The number of aromatic nitrogens is 3. The Kier molecular flexibility index (Phi) is 4.34. The molecule has 1 unspecified atom stereocenters. The minimum atomic E-state index is -0.918. The lowest BCUT2D eigenvalue weighted by atomic mass is 9.87. The van der Waals surface area contributed by atoms with Crippen molar-refractivity contribution in [3.05, 3.63) is 53.9 Å². The molecule has 0 saturated heterocycles. The molecule has 1 atom stereocenters. The summed E-state index contributed by atoms with van der Waals surface area (Å²) in [5.74, 6) is -0.249. The Morgan fingerprint density at radius 1 is 1.23 bits per heavy atom. The topological polar surface area (TPSA) is 50.9 Å². The molecule has 1 heterocycles. The molecule has 4 nitrogen and oxygen atoms in total. The molecule has 1 saturated carbocycles. The minimum Gasteiger partial charge on any atom is -0.384 e. The second kappa shape index (κ2) is 6.40. The molecule has 0 spiro atoms. The van der Waals surface area contributed by atoms with E-state index in [1.54, 1.807) is 23.1 Å². The number of hydrogen-bond acceptors (Lipinski definition) is 3. The van der Waals surface area contributed by atoms with E-state index in [-0.39, 0.29) is 5.82 Å². The third-order valence-electron chi connectivity index (χ3n) is 4.24. The summed E-state index contributed by atoms with van der Waals surface area (Å²) in [6.07, 6.45) is 9.81. The molecule has 1 aliphatic carbocycles. The monoisotopic (exact) mass is 301 g/mol. The van der Waals surface area contributed by atoms with Gasteiger partial charge in [0.2, 0.25) is 0 Å². The van der Waals surface area contributed by atoms with Gasteiger partial charge in [-0.15, -0.1) is 0 Å². The molecular weight excluding hydrogens is 281 g/mol. The summed E-state index contributed by atoms with van der Waals surface area (Å²) in [7, 11) is 0. The summed E-state index contributed by atoms with van der Waals surface area (Å²) >= 11 is 0. The van der Waals surface area contributed by atoms with Crippen molar-refractivity contribution in [1.82, 2.24) is 14.8 Å². The van der Waals surface area contributed by atoms with Gasteiger partial charge in [0.25, 0.3) is 0 Å². The van der Waals surface area contributed by atoms with Crippen LogP contribution in [0.1, 0.15) is 37.7 Å². The van der Waals surface area contributed by atoms with E-state index in [1.165, 1.54) is 18.5 Å². The average molecular weight is 301 g/mol. The van der Waals surface area contributed by atoms with Gasteiger partial charge in [0.15, 0.2) is 0 Å². The SMILES string of the molecule is OC1(Cn2cncn2)CCCCC/C1=C/c1ccc(F)cc1. The predicted molar refractivity (Wildman–Crippen MR) is 82.4 cm³/mol. The summed E-state index contributed by atoms with van der Waals surface area (Å²) in [5, 5.41) is 15.3. The summed E-state index contributed by atoms with van der Waals surface area (Å²) in [6.45, 7) is 0.403. The lowest BCUT2D eigenvalue weighted by Gasteiger charge is -2.29. The Morgan fingerprint density at radius 3 is 2.77 bits per heavy atom. The van der Waals surface area contributed by atoms with E-state index < -0.39 is 5.60 Å². The summed E-state index contributed by atoms with van der Waals surface area (Å²) in [5.41, 5.74) is 0.987. The number of rotatable bonds is 3. The Bertz CT molecular complexity index is 636. The van der Waals surface area contributed by atoms with E-state index >= 15 is 0 Å². The largest absolute Gasteiger partial charge is 0.384 e. The highest BCUT2D eigenvalue weighted by Gasteiger charge is 2.33. The molecule has 1 N–H and O–H groups in total. The minimum absolute atomic E-state index is 0.249. The van der Waals surface area contributed by atoms with E-state index in [1.807, 2.05) is 6.08 Å². The lowest BCUT2D eigenvalue weighted by Crippen LogP contribution is -2.36. The molecule has 0 radical (unpaired) electrons. The molecule has 0 aliphatic heterocycles. The number of aliphatic hydroxyl groups is 1. The molecule has 0 bridgehead atoms. The quantitative estimate of drug-likeness (QED) is 0.886. The van der Waals surface area contributed by atoms with Crippen LogP contribution in [-0.4, -0.2) is 25.5 Å². The van der Waals surface area contributed by atoms with Crippen LogP contribution in [0.25, 0.3) is 6.08 Å². The first kappa shape index (κ1) is 14.9. The molecular formula is C17H20FN3O. The van der Waals surface area contributed by atoms with Crippen LogP contribution in [0, 0.1) is 5.82 Å². The number of halogens is 1. The number of benzene rings is 1. The maximum absolute atomic E-state index is 13.0. The van der Waals surface area contributed by atoms with Gasteiger partial charge in [0, 0.05) is 0 Å². The van der Waals surface area contributed by atoms with Crippen molar-refractivity contribution < 1.29 is 9.50 Å². The van der Waals surface area contributed by atoms with Gasteiger partial charge < -0.3 is 5.11 Å². The molecule has 5 heteroatoms. The Labute approximate surface area is 129 Å². The summed E-state index contributed by atoms with van der Waals surface area (Å²) in [6, 6.07) is 6.37. The third kappa shape index (κ3) is 3.42. The lowest BCUT2D eigenvalue weighted by molar-refractivity contribution is 0.0471. The zero-order chi connectivity index (χ0) is 15.4. The van der Waals surface area contributed by atoms with Gasteiger partial charge in [-0.3, -0.25) is 0 Å². The van der Waals surface area contributed by atoms with Crippen LogP contribution in [0.3, 0.4) is 0 Å². The average Bonchev–Trinajstić information content (AvgIpc) is 2.93. The summed E-state index contributed by atoms with van der Waals surface area (Å²) < 4.78 is 14.7. The highest BCUT2D eigenvalue weighted by molar-refractivity contribution is 5.55. The molecule has 22 heavy (non-hydrogen) atoms. The van der Waals surface area contributed by atoms with Crippen molar-refractivity contribution in [2.75, 3.05) is 0 Å². The van der Waals surface area contributed by atoms with E-state index in [0.717, 1.165) is 36.8 Å². The molecule has 3 rings (SSSR count). The number of nitrogens with zero attached hydrogens (tertiary/aromatic N) is 3. The molecule has 0 amide bonds. The van der Waals surface area contributed by atoms with Crippen molar-refractivity contribution >= 4 is 6.08 Å². The van der Waals surface area contributed by atoms with Crippen LogP contribution in [0.15, 0.2) is 42.5 Å². The first-order valence-electron chi connectivity index (χ1n) is 7.67. The first-order valence-corrected chi connectivity index (χ1v) is 7.67. The van der Waals surface area contributed by atoms with E-state index in [9.17, 15) is 9.50 Å². The Hall–Kier alpha value is -2.01. The molecule has 2 aromatic rings. The maximum atomic E-state index is 13.0. The highest BCUT2D eigenvalue weighted by atomic mass is 19.1. The van der Waals surface area contributed by atoms with Crippen molar-refractivity contribution in [2.45, 2.75) is 44.2 Å². The van der Waals surface area contributed by atoms with Crippen LogP contribution in [0.4, 0.5) is 4.39 Å². The molecule has 1 aliphatic rings. The maximum Gasteiger partial charge on any atom is 0.137 e. The fraction of sp³-hybridized carbons (Fsp3) is 0.412. The van der Waals surface area contributed by atoms with Gasteiger partial charge in [-0.25, -0.2) is 14.1 Å². The third-order valence-corrected chi connectivity index (χ3v) is 4.24. The zero-order valence-corrected chi connectivity index (χ0v) is 12.5. The normalized spacial score (nSPS) is 24.4. The summed E-state index contributed by atoms with van der Waals surface area (Å²) in [4.78, 5) is 3.94. The Balaban J connectivity index is 1.91. The van der Waals surface area contributed by atoms with Crippen LogP contribution >= 0.6 is 0 Å². The molecule has 1 aromatic heterocycles. The van der Waals surface area contributed by atoms with Gasteiger partial charge in [-0.1, -0.05) is 31.1 Å². The second-order valence-corrected chi connectivity index (χ2v) is 5.91. The van der Waals surface area contributed by atoms with Crippen LogP contribution in [0.2, 0.25) is 0 Å². The van der Waals surface area contributed by atoms with Gasteiger partial charge >= 0.3 is 0 Å². The fourth-order valence-electron chi connectivity index (χ4n) is 3.03. The fourth-order valence-corrected chi connectivity index (χ4v) is 3.03. The second-order valence-electron chi connectivity index (χ2n) is 5.91. The van der Waals surface area contributed by atoms with Crippen LogP contribution in [0.5, 0.6) is 0 Å². The first-order chi connectivity index (χ1) is 10.7. The van der Waals surface area contributed by atoms with Crippen LogP contribution < -0.4 is 0 Å². The van der Waals surface area contributed by atoms with Crippen molar-refractivity contribution in [3.63, 3.8) is 0 Å². The zero-order valence-electron chi connectivity index (χ0n) is 12.5. The molecule has 1 fully saturated rings. The van der Waals surface area contributed by atoms with Crippen molar-refractivity contribution in [3.8, 4) is 0 Å². The van der Waals surface area contributed by atoms with E-state index in [2.05, 4.69) is 10.1 Å². The highest BCUT2D eigenvalue weighted by Crippen LogP contribution is 2.34. The Morgan fingerprint density at radius 2 is 2.05 bits per heavy atom. The van der Waals surface area contributed by atoms with E-state index in [4.69, 9.17) is 0 Å². The predicted octanol–water partition coefficient (Wildman–Crippen LogP) is 3.20. The van der Waals surface area contributed by atoms with Gasteiger partial charge in [-0.2, -0.15) is 5.10 Å². The van der Waals surface area contributed by atoms with Gasteiger partial charge in [-0.05, 0) is 42.5 Å². The number of hydrogen-bond donors (Lipinski definition) is 1. The molecule has 1 aromatic carbocycles. The van der Waals surface area contributed by atoms with Gasteiger partial charge in [0.05, 0.1) is 6.54 Å². The molecule has 116 valence electrons. The van der Waals surface area contributed by atoms with Gasteiger partial charge in [0.1, 0.15) is 24.1 Å².